The minimum atomic E-state index is -0.800. The normalized spacial score (nSPS) is 12.8. The number of hydrogen-bond acceptors (Lipinski definition) is 6. The van der Waals surface area contributed by atoms with Gasteiger partial charge in [-0.3, -0.25) is 14.4 Å². The number of allylic oxidation sites excluding steroid dienone is 18. The van der Waals surface area contributed by atoms with Crippen molar-refractivity contribution >= 4 is 17.9 Å². The molecule has 0 amide bonds. The standard InChI is InChI=1S/C69H116O6/c1-4-7-10-13-16-19-22-25-28-30-32-34-36-38-41-44-47-50-53-56-59-62-68(71)74-65-66(64-73-67(70)61-58-55-52-49-46-43-40-27-24-21-18-15-12-9-6-3)75-69(72)63-60-57-54-51-48-45-42-39-37-35-33-31-29-26-23-20-17-14-11-8-5-2/h7,10,16,19,23,25-28,31-34,37-41,66H,4-6,8-9,11-15,17-18,20-22,24,29-30,35-36,42-65H2,1-3H3/b10-7-,19-16-,26-23-,28-25-,33-31-,34-32-,39-37-,40-27-,41-38-. The molecule has 75 heavy (non-hydrogen) atoms. The second kappa shape index (κ2) is 62.6. The summed E-state index contributed by atoms with van der Waals surface area (Å²) in [6.07, 6.45) is 85.1. The Kier molecular flexibility index (Phi) is 59.3. The van der Waals surface area contributed by atoms with E-state index in [2.05, 4.69) is 130 Å². The van der Waals surface area contributed by atoms with Crippen molar-refractivity contribution in [2.45, 2.75) is 297 Å². The lowest BCUT2D eigenvalue weighted by atomic mass is 10.1. The Morgan fingerprint density at radius 2 is 0.520 bits per heavy atom. The Balaban J connectivity index is 4.46. The van der Waals surface area contributed by atoms with Crippen molar-refractivity contribution in [2.24, 2.45) is 0 Å². The lowest BCUT2D eigenvalue weighted by Gasteiger charge is -2.18. The maximum atomic E-state index is 12.9. The number of carbonyl (C=O) groups is 3. The molecule has 0 saturated carbocycles. The molecule has 0 bridgehead atoms. The molecule has 0 radical (unpaired) electrons. The van der Waals surface area contributed by atoms with Gasteiger partial charge in [-0.15, -0.1) is 0 Å². The van der Waals surface area contributed by atoms with Gasteiger partial charge in [0.05, 0.1) is 0 Å². The lowest BCUT2D eigenvalue weighted by Crippen LogP contribution is -2.30. The van der Waals surface area contributed by atoms with E-state index in [4.69, 9.17) is 14.2 Å². The first-order chi connectivity index (χ1) is 37.0. The van der Waals surface area contributed by atoms with Crippen molar-refractivity contribution in [2.75, 3.05) is 13.2 Å². The SMILES string of the molecule is CC/C=C\C/C=C\C/C=C\C/C=C\C/C=C\CCCCCCCC(=O)OCC(COC(=O)CCCCCCC/C=C\CCCCCCCC)OC(=O)CCCCCCCC/C=C\C/C=C\C/C=C\CCCCCCC. The molecule has 0 saturated heterocycles. The smallest absolute Gasteiger partial charge is 0.306 e. The van der Waals surface area contributed by atoms with Gasteiger partial charge in [0.2, 0.25) is 0 Å². The van der Waals surface area contributed by atoms with Crippen LogP contribution in [0.4, 0.5) is 0 Å². The van der Waals surface area contributed by atoms with Gasteiger partial charge in [0, 0.05) is 19.3 Å². The Morgan fingerprint density at radius 1 is 0.280 bits per heavy atom. The maximum Gasteiger partial charge on any atom is 0.306 e. The van der Waals surface area contributed by atoms with Crippen molar-refractivity contribution in [3.63, 3.8) is 0 Å². The molecule has 6 nitrogen and oxygen atoms in total. The van der Waals surface area contributed by atoms with Crippen LogP contribution in [0.2, 0.25) is 0 Å². The van der Waals surface area contributed by atoms with Crippen LogP contribution in [0.1, 0.15) is 290 Å². The zero-order valence-corrected chi connectivity index (χ0v) is 49.0. The summed E-state index contributed by atoms with van der Waals surface area (Å²) in [6, 6.07) is 0. The molecular weight excluding hydrogens is 925 g/mol. The first-order valence-electron chi connectivity index (χ1n) is 31.4. The fraction of sp³-hybridized carbons (Fsp3) is 0.696. The van der Waals surface area contributed by atoms with E-state index in [0.717, 1.165) is 141 Å². The third kappa shape index (κ3) is 60.8. The number of ether oxygens (including phenoxy) is 3. The quantitative estimate of drug-likeness (QED) is 0.0261. The number of carbonyl (C=O) groups excluding carboxylic acids is 3. The lowest BCUT2D eigenvalue weighted by molar-refractivity contribution is -0.167. The number of unbranched alkanes of at least 4 members (excludes halogenated alkanes) is 27. The van der Waals surface area contributed by atoms with Crippen LogP contribution in [-0.2, 0) is 28.6 Å². The molecule has 0 aliphatic rings. The van der Waals surface area contributed by atoms with E-state index in [-0.39, 0.29) is 31.1 Å². The van der Waals surface area contributed by atoms with E-state index < -0.39 is 6.10 Å². The molecule has 0 aliphatic carbocycles. The molecule has 0 rings (SSSR count). The predicted molar refractivity (Wildman–Crippen MR) is 325 cm³/mol. The molecule has 0 aromatic rings. The maximum absolute atomic E-state index is 12.9. The van der Waals surface area contributed by atoms with E-state index in [1.165, 1.54) is 109 Å². The highest BCUT2D eigenvalue weighted by Crippen LogP contribution is 2.14. The van der Waals surface area contributed by atoms with Gasteiger partial charge >= 0.3 is 17.9 Å². The van der Waals surface area contributed by atoms with Crippen LogP contribution in [0.25, 0.3) is 0 Å². The van der Waals surface area contributed by atoms with Crippen LogP contribution in [0.5, 0.6) is 0 Å². The van der Waals surface area contributed by atoms with Gasteiger partial charge in [0.25, 0.3) is 0 Å². The molecule has 0 heterocycles. The molecule has 0 aliphatic heterocycles. The van der Waals surface area contributed by atoms with Crippen LogP contribution in [0.15, 0.2) is 109 Å². The second-order valence-electron chi connectivity index (χ2n) is 20.6. The topological polar surface area (TPSA) is 78.9 Å². The van der Waals surface area contributed by atoms with Crippen LogP contribution in [0.3, 0.4) is 0 Å². The zero-order valence-electron chi connectivity index (χ0n) is 49.0. The predicted octanol–water partition coefficient (Wildman–Crippen LogP) is 21.4. The molecule has 1 atom stereocenters. The highest BCUT2D eigenvalue weighted by Gasteiger charge is 2.19. The number of hydrogen-bond donors (Lipinski definition) is 0. The van der Waals surface area contributed by atoms with E-state index in [1.54, 1.807) is 0 Å². The molecule has 428 valence electrons. The van der Waals surface area contributed by atoms with Crippen LogP contribution in [0, 0.1) is 0 Å². The molecule has 0 aromatic carbocycles. The molecule has 0 fully saturated rings. The zero-order chi connectivity index (χ0) is 54.3. The highest BCUT2D eigenvalue weighted by atomic mass is 16.6. The van der Waals surface area contributed by atoms with Crippen LogP contribution < -0.4 is 0 Å². The molecular formula is C69H116O6. The summed E-state index contributed by atoms with van der Waals surface area (Å²) < 4.78 is 16.9. The summed E-state index contributed by atoms with van der Waals surface area (Å²) in [6.45, 7) is 6.49. The number of esters is 3. The van der Waals surface area contributed by atoms with E-state index in [1.807, 2.05) is 0 Å². The van der Waals surface area contributed by atoms with Crippen LogP contribution >= 0.6 is 0 Å². The van der Waals surface area contributed by atoms with E-state index in [9.17, 15) is 14.4 Å². The number of rotatable bonds is 56. The summed E-state index contributed by atoms with van der Waals surface area (Å²) in [5.74, 6) is -0.929. The average Bonchev–Trinajstić information content (AvgIpc) is 3.41. The van der Waals surface area contributed by atoms with Gasteiger partial charge < -0.3 is 14.2 Å². The second-order valence-corrected chi connectivity index (χ2v) is 20.6. The summed E-state index contributed by atoms with van der Waals surface area (Å²) >= 11 is 0. The van der Waals surface area contributed by atoms with E-state index >= 15 is 0 Å². The minimum Gasteiger partial charge on any atom is -0.462 e. The molecule has 0 aromatic heterocycles. The Labute approximate surface area is 463 Å². The Morgan fingerprint density at radius 3 is 0.827 bits per heavy atom. The van der Waals surface area contributed by atoms with E-state index in [0.29, 0.717) is 19.3 Å². The van der Waals surface area contributed by atoms with Gasteiger partial charge in [0.15, 0.2) is 6.10 Å². The Hall–Kier alpha value is -3.93. The summed E-state index contributed by atoms with van der Waals surface area (Å²) in [5.41, 5.74) is 0. The molecule has 0 spiro atoms. The summed E-state index contributed by atoms with van der Waals surface area (Å²) in [7, 11) is 0. The third-order valence-electron chi connectivity index (χ3n) is 13.2. The monoisotopic (exact) mass is 1040 g/mol. The first kappa shape index (κ1) is 71.1. The fourth-order valence-corrected chi connectivity index (χ4v) is 8.53. The first-order valence-corrected chi connectivity index (χ1v) is 31.4. The fourth-order valence-electron chi connectivity index (χ4n) is 8.53. The highest BCUT2D eigenvalue weighted by molar-refractivity contribution is 5.71. The van der Waals surface area contributed by atoms with Crippen molar-refractivity contribution < 1.29 is 28.6 Å². The minimum absolute atomic E-state index is 0.0950. The van der Waals surface area contributed by atoms with Crippen molar-refractivity contribution in [1.82, 2.24) is 0 Å². The van der Waals surface area contributed by atoms with Crippen molar-refractivity contribution in [3.8, 4) is 0 Å². The van der Waals surface area contributed by atoms with Gasteiger partial charge in [0.1, 0.15) is 13.2 Å². The summed E-state index contributed by atoms with van der Waals surface area (Å²) in [4.78, 5) is 38.3. The van der Waals surface area contributed by atoms with Crippen LogP contribution in [-0.4, -0.2) is 37.2 Å². The third-order valence-corrected chi connectivity index (χ3v) is 13.2. The van der Waals surface area contributed by atoms with Crippen molar-refractivity contribution in [1.29, 1.82) is 0 Å². The van der Waals surface area contributed by atoms with Gasteiger partial charge in [-0.05, 0) is 128 Å². The largest absolute Gasteiger partial charge is 0.462 e. The molecule has 0 N–H and O–H groups in total. The molecule has 6 heteroatoms. The van der Waals surface area contributed by atoms with Crippen molar-refractivity contribution in [3.05, 3.63) is 109 Å². The Bertz CT molecular complexity index is 1520. The van der Waals surface area contributed by atoms with Gasteiger partial charge in [-0.2, -0.15) is 0 Å². The molecule has 1 unspecified atom stereocenters. The van der Waals surface area contributed by atoms with Gasteiger partial charge in [-0.1, -0.05) is 252 Å². The van der Waals surface area contributed by atoms with Gasteiger partial charge in [-0.25, -0.2) is 0 Å². The summed E-state index contributed by atoms with van der Waals surface area (Å²) in [5, 5.41) is 0. The average molecular weight is 1040 g/mol.